The molecule has 3 N–H and O–H groups in total. The Bertz CT molecular complexity index is 1760. The van der Waals surface area contributed by atoms with Gasteiger partial charge >= 0.3 is 0 Å². The molecule has 0 heterocycles. The third-order valence-corrected chi connectivity index (χ3v) is 7.77. The minimum absolute atomic E-state index is 0.106. The van der Waals surface area contributed by atoms with Gasteiger partial charge in [0, 0.05) is 26.3 Å². The molecule has 0 radical (unpaired) electrons. The number of fused-ring (bicyclic) bond motifs is 1. The van der Waals surface area contributed by atoms with Crippen LogP contribution in [0.25, 0.3) is 16.8 Å². The van der Waals surface area contributed by atoms with E-state index in [-0.39, 0.29) is 23.3 Å². The summed E-state index contributed by atoms with van der Waals surface area (Å²) < 4.78 is 0.906. The van der Waals surface area contributed by atoms with E-state index in [1.54, 1.807) is 42.5 Å². The highest BCUT2D eigenvalue weighted by Gasteiger charge is 2.15. The fourth-order valence-corrected chi connectivity index (χ4v) is 5.08. The molecule has 0 saturated carbocycles. The fourth-order valence-electron chi connectivity index (χ4n) is 4.11. The highest BCUT2D eigenvalue weighted by molar-refractivity contribution is 9.10. The summed E-state index contributed by atoms with van der Waals surface area (Å²) in [6.45, 7) is 0. The fraction of sp³-hybridized carbons (Fsp3) is 0.0294. The maximum Gasteiger partial charge on any atom is 0.272 e. The van der Waals surface area contributed by atoms with Gasteiger partial charge in [-0.3, -0.25) is 14.4 Å². The second-order valence-electron chi connectivity index (χ2n) is 9.31. The SMILES string of the molecule is O=C(CSc1ccc(NC(=O)/C(=C/c2ccc(Br)cc2)NC(=O)c2ccccc2)cc1)Nc1ccc2ccccc2c1. The lowest BCUT2D eigenvalue weighted by molar-refractivity contribution is -0.114. The van der Waals surface area contributed by atoms with Crippen molar-refractivity contribution in [2.24, 2.45) is 0 Å². The molecule has 42 heavy (non-hydrogen) atoms. The number of halogens is 1. The molecule has 6 nitrogen and oxygen atoms in total. The van der Waals surface area contributed by atoms with Crippen molar-refractivity contribution >= 4 is 73.6 Å². The number of carbonyl (C=O) groups excluding carboxylic acids is 3. The Balaban J connectivity index is 1.20. The highest BCUT2D eigenvalue weighted by atomic mass is 79.9. The van der Waals surface area contributed by atoms with Crippen LogP contribution in [0.5, 0.6) is 0 Å². The zero-order chi connectivity index (χ0) is 29.3. The molecule has 5 aromatic rings. The quantitative estimate of drug-likeness (QED) is 0.114. The third kappa shape index (κ3) is 7.96. The maximum absolute atomic E-state index is 13.2. The van der Waals surface area contributed by atoms with E-state index in [1.165, 1.54) is 11.8 Å². The van der Waals surface area contributed by atoms with Crippen molar-refractivity contribution < 1.29 is 14.4 Å². The third-order valence-electron chi connectivity index (χ3n) is 6.23. The number of anilines is 2. The predicted octanol–water partition coefficient (Wildman–Crippen LogP) is 7.74. The van der Waals surface area contributed by atoms with Gasteiger partial charge in [-0.25, -0.2) is 0 Å². The molecule has 5 aromatic carbocycles. The zero-order valence-electron chi connectivity index (χ0n) is 22.3. The van der Waals surface area contributed by atoms with Crippen molar-refractivity contribution in [3.05, 3.63) is 143 Å². The summed E-state index contributed by atoms with van der Waals surface area (Å²) in [4.78, 5) is 39.5. The van der Waals surface area contributed by atoms with E-state index in [4.69, 9.17) is 0 Å². The first-order valence-corrected chi connectivity index (χ1v) is 14.9. The molecule has 3 amide bonds. The van der Waals surface area contributed by atoms with Crippen LogP contribution in [0.4, 0.5) is 11.4 Å². The van der Waals surface area contributed by atoms with Gasteiger partial charge in [0.05, 0.1) is 5.75 Å². The Morgan fingerprint density at radius 2 is 1.36 bits per heavy atom. The summed E-state index contributed by atoms with van der Waals surface area (Å²) in [7, 11) is 0. The van der Waals surface area contributed by atoms with E-state index in [1.807, 2.05) is 84.9 Å². The van der Waals surface area contributed by atoms with Gasteiger partial charge in [-0.2, -0.15) is 0 Å². The number of hydrogen-bond donors (Lipinski definition) is 3. The Morgan fingerprint density at radius 1 is 0.690 bits per heavy atom. The Hall–Kier alpha value is -4.66. The van der Waals surface area contributed by atoms with Gasteiger partial charge in [-0.05, 0) is 83.1 Å². The second-order valence-corrected chi connectivity index (χ2v) is 11.3. The number of nitrogens with one attached hydrogen (secondary N) is 3. The highest BCUT2D eigenvalue weighted by Crippen LogP contribution is 2.23. The standard InChI is InChI=1S/C34H26BrN3O3S/c35-27-13-10-23(11-14-27)20-31(38-33(40)25-7-2-1-3-8-25)34(41)37-28-16-18-30(19-17-28)42-22-32(39)36-29-15-12-24-6-4-5-9-26(24)21-29/h1-21H,22H2,(H,36,39)(H,37,41)(H,38,40)/b31-20-. The molecule has 208 valence electrons. The summed E-state index contributed by atoms with van der Waals surface area (Å²) >= 11 is 4.81. The molecule has 0 fully saturated rings. The minimum atomic E-state index is -0.461. The van der Waals surface area contributed by atoms with E-state index in [0.29, 0.717) is 11.3 Å². The van der Waals surface area contributed by atoms with Gasteiger partial charge < -0.3 is 16.0 Å². The molecule has 0 saturated heterocycles. The van der Waals surface area contributed by atoms with Gasteiger partial charge in [-0.15, -0.1) is 11.8 Å². The monoisotopic (exact) mass is 635 g/mol. The summed E-state index contributed by atoms with van der Waals surface area (Å²) in [5.41, 5.74) is 2.61. The minimum Gasteiger partial charge on any atom is -0.325 e. The largest absolute Gasteiger partial charge is 0.325 e. The number of rotatable bonds is 9. The zero-order valence-corrected chi connectivity index (χ0v) is 24.7. The normalized spacial score (nSPS) is 11.1. The van der Waals surface area contributed by atoms with E-state index < -0.39 is 5.91 Å². The average Bonchev–Trinajstić information content (AvgIpc) is 3.01. The van der Waals surface area contributed by atoms with E-state index in [9.17, 15) is 14.4 Å². The van der Waals surface area contributed by atoms with Crippen molar-refractivity contribution in [3.63, 3.8) is 0 Å². The van der Waals surface area contributed by atoms with Gasteiger partial charge in [0.15, 0.2) is 0 Å². The number of amides is 3. The molecule has 0 aliphatic rings. The molecule has 8 heteroatoms. The lowest BCUT2D eigenvalue weighted by Gasteiger charge is -2.12. The molecule has 0 aliphatic heterocycles. The van der Waals surface area contributed by atoms with Crippen molar-refractivity contribution in [1.82, 2.24) is 5.32 Å². The first-order chi connectivity index (χ1) is 20.4. The van der Waals surface area contributed by atoms with Crippen molar-refractivity contribution in [2.45, 2.75) is 4.90 Å². The second kappa shape index (κ2) is 13.8. The topological polar surface area (TPSA) is 87.3 Å². The number of carbonyl (C=O) groups is 3. The summed E-state index contributed by atoms with van der Waals surface area (Å²) in [6.07, 6.45) is 1.63. The van der Waals surface area contributed by atoms with E-state index in [2.05, 4.69) is 31.9 Å². The smallest absolute Gasteiger partial charge is 0.272 e. The van der Waals surface area contributed by atoms with Gasteiger partial charge in [0.1, 0.15) is 5.70 Å². The molecule has 0 aliphatic carbocycles. The molecular weight excluding hydrogens is 610 g/mol. The number of thioether (sulfide) groups is 1. The molecule has 5 rings (SSSR count). The number of benzene rings is 5. The van der Waals surface area contributed by atoms with Gasteiger partial charge in [-0.1, -0.05) is 76.6 Å². The van der Waals surface area contributed by atoms with Crippen molar-refractivity contribution in [1.29, 1.82) is 0 Å². The van der Waals surface area contributed by atoms with Crippen LogP contribution in [0.2, 0.25) is 0 Å². The summed E-state index contributed by atoms with van der Waals surface area (Å²) in [6, 6.07) is 37.1. The Labute approximate surface area is 256 Å². The number of hydrogen-bond acceptors (Lipinski definition) is 4. The predicted molar refractivity (Wildman–Crippen MR) is 174 cm³/mol. The van der Waals surface area contributed by atoms with Crippen molar-refractivity contribution in [2.75, 3.05) is 16.4 Å². The Morgan fingerprint density at radius 3 is 2.10 bits per heavy atom. The first-order valence-electron chi connectivity index (χ1n) is 13.1. The molecule has 0 unspecified atom stereocenters. The molecular formula is C34H26BrN3O3S. The van der Waals surface area contributed by atoms with Crippen LogP contribution < -0.4 is 16.0 Å². The van der Waals surface area contributed by atoms with Crippen LogP contribution in [-0.4, -0.2) is 23.5 Å². The summed E-state index contributed by atoms with van der Waals surface area (Å²) in [5.74, 6) is -0.714. The van der Waals surface area contributed by atoms with Crippen LogP contribution in [-0.2, 0) is 9.59 Å². The maximum atomic E-state index is 13.2. The first kappa shape index (κ1) is 28.9. The van der Waals surface area contributed by atoms with Crippen LogP contribution in [0.1, 0.15) is 15.9 Å². The van der Waals surface area contributed by atoms with E-state index in [0.717, 1.165) is 31.4 Å². The van der Waals surface area contributed by atoms with Crippen LogP contribution in [0.15, 0.2) is 136 Å². The summed E-state index contributed by atoms with van der Waals surface area (Å²) in [5, 5.41) is 10.7. The van der Waals surface area contributed by atoms with E-state index >= 15 is 0 Å². The average molecular weight is 637 g/mol. The van der Waals surface area contributed by atoms with Crippen molar-refractivity contribution in [3.8, 4) is 0 Å². The molecule has 0 spiro atoms. The molecule has 0 atom stereocenters. The molecule has 0 bridgehead atoms. The van der Waals surface area contributed by atoms with Crippen LogP contribution in [0, 0.1) is 0 Å². The van der Waals surface area contributed by atoms with Crippen LogP contribution >= 0.6 is 27.7 Å². The van der Waals surface area contributed by atoms with Gasteiger partial charge in [0.2, 0.25) is 5.91 Å². The van der Waals surface area contributed by atoms with Gasteiger partial charge in [0.25, 0.3) is 11.8 Å². The lowest BCUT2D eigenvalue weighted by Crippen LogP contribution is -2.30. The molecule has 0 aromatic heterocycles. The lowest BCUT2D eigenvalue weighted by atomic mass is 10.1. The van der Waals surface area contributed by atoms with Crippen LogP contribution in [0.3, 0.4) is 0 Å². The Kier molecular flexibility index (Phi) is 9.48.